The number of hydrogen-bond acceptors (Lipinski definition) is 4. The van der Waals surface area contributed by atoms with Gasteiger partial charge >= 0.3 is 0 Å². The second-order valence-corrected chi connectivity index (χ2v) is 6.63. The largest absolute Gasteiger partial charge is 0.493 e. The first-order chi connectivity index (χ1) is 13.7. The number of aromatic nitrogens is 2. The Labute approximate surface area is 167 Å². The zero-order valence-corrected chi connectivity index (χ0v) is 15.9. The Bertz CT molecular complexity index is 1140. The molecule has 0 saturated carbocycles. The van der Waals surface area contributed by atoms with Crippen LogP contribution in [-0.4, -0.2) is 22.6 Å². The fraction of sp³-hybridized carbons (Fsp3) is 0.0909. The number of benzene rings is 3. The van der Waals surface area contributed by atoms with Crippen LogP contribution in [0.5, 0.6) is 11.5 Å². The Balaban J connectivity index is 1.57. The molecule has 0 saturated heterocycles. The molecule has 28 heavy (non-hydrogen) atoms. The minimum atomic E-state index is -0.184. The number of fused-ring (bicyclic) bond motifs is 1. The summed E-state index contributed by atoms with van der Waals surface area (Å²) in [6.07, 6.45) is 1.53. The van der Waals surface area contributed by atoms with Gasteiger partial charge in [0.1, 0.15) is 12.9 Å². The first-order valence-corrected chi connectivity index (χ1v) is 9.05. The third kappa shape index (κ3) is 3.57. The summed E-state index contributed by atoms with van der Waals surface area (Å²) in [6.45, 7) is 0.368. The summed E-state index contributed by atoms with van der Waals surface area (Å²) in [7, 11) is 1.55. The van der Waals surface area contributed by atoms with Crippen molar-refractivity contribution in [1.82, 2.24) is 9.55 Å². The second-order valence-electron chi connectivity index (χ2n) is 6.19. The van der Waals surface area contributed by atoms with Crippen LogP contribution in [0.25, 0.3) is 11.0 Å². The topological polar surface area (TPSA) is 53.4 Å². The Hall–Kier alpha value is -3.31. The SMILES string of the molecule is COc1cc(C(=O)n2cnc3ccccc32)ccc1OCc1ccc(Cl)cc1. The average molecular weight is 393 g/mol. The Morgan fingerprint density at radius 3 is 2.61 bits per heavy atom. The van der Waals surface area contributed by atoms with Crippen LogP contribution in [0.15, 0.2) is 73.1 Å². The fourth-order valence-corrected chi connectivity index (χ4v) is 3.05. The number of ether oxygens (including phenoxy) is 2. The zero-order valence-electron chi connectivity index (χ0n) is 15.1. The van der Waals surface area contributed by atoms with E-state index in [4.69, 9.17) is 21.1 Å². The van der Waals surface area contributed by atoms with Crippen molar-refractivity contribution < 1.29 is 14.3 Å². The van der Waals surface area contributed by atoms with Crippen LogP contribution in [-0.2, 0) is 6.61 Å². The summed E-state index contributed by atoms with van der Waals surface area (Å²) in [4.78, 5) is 17.2. The molecule has 0 unspecified atom stereocenters. The molecule has 1 heterocycles. The first-order valence-electron chi connectivity index (χ1n) is 8.68. The highest BCUT2D eigenvalue weighted by Crippen LogP contribution is 2.29. The van der Waals surface area contributed by atoms with Gasteiger partial charge in [0.2, 0.25) is 0 Å². The predicted octanol–water partition coefficient (Wildman–Crippen LogP) is 4.97. The maximum Gasteiger partial charge on any atom is 0.263 e. The minimum Gasteiger partial charge on any atom is -0.493 e. The molecule has 5 nitrogen and oxygen atoms in total. The molecular weight excluding hydrogens is 376 g/mol. The van der Waals surface area contributed by atoms with Gasteiger partial charge < -0.3 is 9.47 Å². The number of imidazole rings is 1. The molecule has 0 aliphatic carbocycles. The standard InChI is InChI=1S/C22H17ClN2O3/c1-27-21-12-16(22(26)25-14-24-18-4-2-3-5-19(18)25)8-11-20(21)28-13-15-6-9-17(23)10-7-15/h2-12,14H,13H2,1H3. The smallest absolute Gasteiger partial charge is 0.263 e. The van der Waals surface area contributed by atoms with Crippen molar-refractivity contribution in [2.75, 3.05) is 7.11 Å². The van der Waals surface area contributed by atoms with E-state index in [0.717, 1.165) is 16.6 Å². The fourth-order valence-electron chi connectivity index (χ4n) is 2.92. The van der Waals surface area contributed by atoms with Gasteiger partial charge in [-0.1, -0.05) is 35.9 Å². The summed E-state index contributed by atoms with van der Waals surface area (Å²) in [5.41, 5.74) is 3.00. The van der Waals surface area contributed by atoms with Crippen LogP contribution >= 0.6 is 11.6 Å². The summed E-state index contributed by atoms with van der Waals surface area (Å²) < 4.78 is 12.8. The third-order valence-electron chi connectivity index (χ3n) is 4.39. The molecule has 0 spiro atoms. The number of halogens is 1. The summed E-state index contributed by atoms with van der Waals surface area (Å²) in [5.74, 6) is 0.866. The summed E-state index contributed by atoms with van der Waals surface area (Å²) in [6, 6.07) is 20.1. The van der Waals surface area contributed by atoms with Crippen molar-refractivity contribution in [2.24, 2.45) is 0 Å². The molecule has 4 rings (SSSR count). The van der Waals surface area contributed by atoms with Crippen molar-refractivity contribution in [2.45, 2.75) is 6.61 Å². The molecule has 0 fully saturated rings. The van der Waals surface area contributed by atoms with Crippen molar-refractivity contribution in [3.63, 3.8) is 0 Å². The summed E-state index contributed by atoms with van der Waals surface area (Å²) in [5, 5.41) is 0.677. The van der Waals surface area contributed by atoms with E-state index >= 15 is 0 Å². The van der Waals surface area contributed by atoms with Gasteiger partial charge in [-0.3, -0.25) is 9.36 Å². The number of hydrogen-bond donors (Lipinski definition) is 0. The second kappa shape index (κ2) is 7.74. The molecule has 140 valence electrons. The number of nitrogens with zero attached hydrogens (tertiary/aromatic N) is 2. The highest BCUT2D eigenvalue weighted by molar-refractivity contribution is 6.30. The number of rotatable bonds is 5. The van der Waals surface area contributed by atoms with E-state index in [-0.39, 0.29) is 5.91 Å². The van der Waals surface area contributed by atoms with E-state index in [1.807, 2.05) is 48.5 Å². The van der Waals surface area contributed by atoms with Crippen molar-refractivity contribution in [3.8, 4) is 11.5 Å². The van der Waals surface area contributed by atoms with Crippen LogP contribution in [0.2, 0.25) is 5.02 Å². The quantitative estimate of drug-likeness (QED) is 0.481. The van der Waals surface area contributed by atoms with E-state index in [1.54, 1.807) is 25.3 Å². The Kier molecular flexibility index (Phi) is 5.00. The van der Waals surface area contributed by atoms with E-state index in [0.29, 0.717) is 28.7 Å². The van der Waals surface area contributed by atoms with E-state index in [9.17, 15) is 4.79 Å². The molecule has 0 radical (unpaired) electrons. The maximum absolute atomic E-state index is 12.9. The van der Waals surface area contributed by atoms with Crippen LogP contribution in [0, 0.1) is 0 Å². The Morgan fingerprint density at radius 1 is 1.04 bits per heavy atom. The van der Waals surface area contributed by atoms with Gasteiger partial charge in [-0.15, -0.1) is 0 Å². The molecule has 0 N–H and O–H groups in total. The maximum atomic E-state index is 12.9. The van der Waals surface area contributed by atoms with Crippen LogP contribution in [0.3, 0.4) is 0 Å². The molecule has 1 aromatic heterocycles. The van der Waals surface area contributed by atoms with Gasteiger partial charge in [-0.2, -0.15) is 0 Å². The predicted molar refractivity (Wildman–Crippen MR) is 108 cm³/mol. The molecule has 0 amide bonds. The first kappa shape index (κ1) is 18.1. The van der Waals surface area contributed by atoms with E-state index in [2.05, 4.69) is 4.98 Å². The highest BCUT2D eigenvalue weighted by Gasteiger charge is 2.15. The lowest BCUT2D eigenvalue weighted by Crippen LogP contribution is -2.11. The van der Waals surface area contributed by atoms with Crippen LogP contribution < -0.4 is 9.47 Å². The van der Waals surface area contributed by atoms with Gasteiger partial charge in [0.25, 0.3) is 5.91 Å². The van der Waals surface area contributed by atoms with E-state index in [1.165, 1.54) is 10.9 Å². The lowest BCUT2D eigenvalue weighted by atomic mass is 10.1. The molecule has 3 aromatic carbocycles. The number of carbonyl (C=O) groups is 1. The molecule has 0 bridgehead atoms. The lowest BCUT2D eigenvalue weighted by Gasteiger charge is -2.12. The minimum absolute atomic E-state index is 0.184. The monoisotopic (exact) mass is 392 g/mol. The zero-order chi connectivity index (χ0) is 19.5. The number of methoxy groups -OCH3 is 1. The Morgan fingerprint density at radius 2 is 1.82 bits per heavy atom. The lowest BCUT2D eigenvalue weighted by molar-refractivity contribution is 0.0964. The molecule has 6 heteroatoms. The molecular formula is C22H17ClN2O3. The van der Waals surface area contributed by atoms with Gasteiger partial charge in [0.05, 0.1) is 18.1 Å². The van der Waals surface area contributed by atoms with Crippen molar-refractivity contribution in [3.05, 3.63) is 89.2 Å². The molecule has 0 atom stereocenters. The van der Waals surface area contributed by atoms with Crippen molar-refractivity contribution >= 4 is 28.5 Å². The van der Waals surface area contributed by atoms with E-state index < -0.39 is 0 Å². The van der Waals surface area contributed by atoms with Gasteiger partial charge in [-0.05, 0) is 48.0 Å². The molecule has 4 aromatic rings. The normalized spacial score (nSPS) is 10.8. The highest BCUT2D eigenvalue weighted by atomic mass is 35.5. The van der Waals surface area contributed by atoms with Crippen LogP contribution in [0.1, 0.15) is 15.9 Å². The molecule has 0 aliphatic rings. The van der Waals surface area contributed by atoms with Gasteiger partial charge in [0, 0.05) is 10.6 Å². The average Bonchev–Trinajstić information content (AvgIpc) is 3.17. The third-order valence-corrected chi connectivity index (χ3v) is 4.64. The molecule has 0 aliphatic heterocycles. The van der Waals surface area contributed by atoms with Crippen LogP contribution in [0.4, 0.5) is 0 Å². The number of para-hydroxylation sites is 2. The van der Waals surface area contributed by atoms with Gasteiger partial charge in [0.15, 0.2) is 11.5 Å². The summed E-state index contributed by atoms with van der Waals surface area (Å²) >= 11 is 5.90. The van der Waals surface area contributed by atoms with Crippen molar-refractivity contribution in [1.29, 1.82) is 0 Å². The van der Waals surface area contributed by atoms with Gasteiger partial charge in [-0.25, -0.2) is 4.98 Å². The number of carbonyl (C=O) groups excluding carboxylic acids is 1.